The summed E-state index contributed by atoms with van der Waals surface area (Å²) in [6.45, 7) is 3.89. The molecule has 0 unspecified atom stereocenters. The van der Waals surface area contributed by atoms with Gasteiger partial charge < -0.3 is 9.64 Å². The molecule has 0 N–H and O–H groups in total. The number of ether oxygens (including phenoxy) is 1. The first-order valence-electron chi connectivity index (χ1n) is 6.44. The summed E-state index contributed by atoms with van der Waals surface area (Å²) in [5.41, 5.74) is 0.153. The average Bonchev–Trinajstić information content (AvgIpc) is 2.46. The number of pyridine rings is 1. The predicted molar refractivity (Wildman–Crippen MR) is 82.0 cm³/mol. The molecule has 3 heterocycles. The normalized spacial score (nSPS) is 15.4. The van der Waals surface area contributed by atoms with Crippen LogP contribution in [0.25, 0.3) is 10.9 Å². The van der Waals surface area contributed by atoms with Crippen molar-refractivity contribution in [2.75, 3.05) is 31.4 Å². The lowest BCUT2D eigenvalue weighted by atomic mass is 10.0. The van der Waals surface area contributed by atoms with Crippen molar-refractivity contribution in [3.05, 3.63) is 11.0 Å². The summed E-state index contributed by atoms with van der Waals surface area (Å²) in [7, 11) is 1.47. The van der Waals surface area contributed by atoms with Gasteiger partial charge in [0.25, 0.3) is 0 Å². The van der Waals surface area contributed by atoms with Gasteiger partial charge in [0.05, 0.1) is 7.11 Å². The number of aromatic nitrogens is 3. The molecule has 2 aromatic heterocycles. The number of hydrogen-bond donors (Lipinski definition) is 0. The van der Waals surface area contributed by atoms with Crippen LogP contribution in [0.4, 0.5) is 10.2 Å². The quantitative estimate of drug-likeness (QED) is 0.490. The van der Waals surface area contributed by atoms with Crippen molar-refractivity contribution < 1.29 is 9.13 Å². The number of hydrogen-bond acceptors (Lipinski definition) is 6. The Morgan fingerprint density at radius 3 is 2.62 bits per heavy atom. The fourth-order valence-electron chi connectivity index (χ4n) is 2.42. The first kappa shape index (κ1) is 14.6. The van der Waals surface area contributed by atoms with Crippen LogP contribution < -0.4 is 9.64 Å². The standard InChI is InChI=1S/C13H14ClFN4OS/c1-6-4-19(5-6)11-7-9(16-13(18-11)21-3)8(15)10(14)17-12(7)20-2/h6H,4-5H2,1-3H3. The SMILES string of the molecule is COc1nc(Cl)c(F)c2nc(SC)nc(N3CC(C)C3)c12. The molecule has 0 bridgehead atoms. The molecule has 1 aliphatic rings. The van der Waals surface area contributed by atoms with E-state index in [2.05, 4.69) is 26.8 Å². The Hall–Kier alpha value is -1.34. The monoisotopic (exact) mass is 328 g/mol. The second-order valence-electron chi connectivity index (χ2n) is 4.99. The summed E-state index contributed by atoms with van der Waals surface area (Å²) in [6, 6.07) is 0. The van der Waals surface area contributed by atoms with Crippen molar-refractivity contribution in [3.8, 4) is 5.88 Å². The Balaban J connectivity index is 2.31. The lowest BCUT2D eigenvalue weighted by Crippen LogP contribution is -2.45. The summed E-state index contributed by atoms with van der Waals surface area (Å²) >= 11 is 7.18. The van der Waals surface area contributed by atoms with E-state index in [9.17, 15) is 4.39 Å². The zero-order valence-corrected chi connectivity index (χ0v) is 13.4. The third-order valence-electron chi connectivity index (χ3n) is 3.41. The highest BCUT2D eigenvalue weighted by Gasteiger charge is 2.29. The van der Waals surface area contributed by atoms with Gasteiger partial charge in [-0.1, -0.05) is 30.3 Å². The molecule has 1 saturated heterocycles. The predicted octanol–water partition coefficient (Wildman–Crippen LogP) is 3.00. The highest BCUT2D eigenvalue weighted by Crippen LogP contribution is 2.38. The highest BCUT2D eigenvalue weighted by atomic mass is 35.5. The summed E-state index contributed by atoms with van der Waals surface area (Å²) in [4.78, 5) is 14.8. The number of fused-ring (bicyclic) bond motifs is 1. The molecular weight excluding hydrogens is 315 g/mol. The van der Waals surface area contributed by atoms with Crippen LogP contribution in [0.1, 0.15) is 6.92 Å². The van der Waals surface area contributed by atoms with Crippen LogP contribution in [0.3, 0.4) is 0 Å². The lowest BCUT2D eigenvalue weighted by Gasteiger charge is -2.38. The maximum absolute atomic E-state index is 14.3. The number of methoxy groups -OCH3 is 1. The summed E-state index contributed by atoms with van der Waals surface area (Å²) in [5, 5.41) is 0.734. The van der Waals surface area contributed by atoms with Crippen LogP contribution >= 0.6 is 23.4 Å². The van der Waals surface area contributed by atoms with E-state index in [-0.39, 0.29) is 16.5 Å². The lowest BCUT2D eigenvalue weighted by molar-refractivity contribution is 0.400. The minimum atomic E-state index is -0.639. The number of rotatable bonds is 3. The molecule has 112 valence electrons. The number of nitrogens with zero attached hydrogens (tertiary/aromatic N) is 4. The number of thioether (sulfide) groups is 1. The molecule has 0 aromatic carbocycles. The minimum absolute atomic E-state index is 0.153. The minimum Gasteiger partial charge on any atom is -0.480 e. The van der Waals surface area contributed by atoms with Gasteiger partial charge in [-0.15, -0.1) is 0 Å². The third-order valence-corrected chi connectivity index (χ3v) is 4.21. The molecule has 2 aromatic rings. The van der Waals surface area contributed by atoms with Gasteiger partial charge in [-0.25, -0.2) is 14.4 Å². The molecule has 8 heteroatoms. The van der Waals surface area contributed by atoms with Gasteiger partial charge in [0, 0.05) is 13.1 Å². The van der Waals surface area contributed by atoms with Gasteiger partial charge >= 0.3 is 0 Å². The maximum Gasteiger partial charge on any atom is 0.228 e. The van der Waals surface area contributed by atoms with Crippen molar-refractivity contribution in [1.29, 1.82) is 0 Å². The largest absolute Gasteiger partial charge is 0.480 e. The number of anilines is 1. The van der Waals surface area contributed by atoms with E-state index in [4.69, 9.17) is 16.3 Å². The van der Waals surface area contributed by atoms with Gasteiger partial charge in [-0.3, -0.25) is 0 Å². The Morgan fingerprint density at radius 1 is 1.33 bits per heavy atom. The van der Waals surface area contributed by atoms with Gasteiger partial charge in [-0.05, 0) is 12.2 Å². The smallest absolute Gasteiger partial charge is 0.228 e. The Morgan fingerprint density at radius 2 is 2.05 bits per heavy atom. The van der Waals surface area contributed by atoms with Crippen LogP contribution in [0.15, 0.2) is 5.16 Å². The summed E-state index contributed by atoms with van der Waals surface area (Å²) < 4.78 is 19.6. The molecule has 0 atom stereocenters. The third kappa shape index (κ3) is 2.38. The molecule has 1 aliphatic heterocycles. The molecule has 0 radical (unpaired) electrons. The Kier molecular flexibility index (Phi) is 3.79. The molecule has 3 rings (SSSR count). The summed E-state index contributed by atoms with van der Waals surface area (Å²) in [6.07, 6.45) is 1.85. The first-order valence-corrected chi connectivity index (χ1v) is 8.05. The zero-order valence-electron chi connectivity index (χ0n) is 11.9. The van der Waals surface area contributed by atoms with Crippen LogP contribution in [-0.4, -0.2) is 41.4 Å². The molecule has 0 amide bonds. The fraction of sp³-hybridized carbons (Fsp3) is 0.462. The topological polar surface area (TPSA) is 51.1 Å². The van der Waals surface area contributed by atoms with Crippen molar-refractivity contribution in [2.45, 2.75) is 12.1 Å². The van der Waals surface area contributed by atoms with Crippen LogP contribution in [0.2, 0.25) is 5.15 Å². The second-order valence-corrected chi connectivity index (χ2v) is 6.12. The number of halogens is 2. The Labute approximate surface area is 130 Å². The van der Waals surface area contributed by atoms with Crippen LogP contribution in [-0.2, 0) is 0 Å². The van der Waals surface area contributed by atoms with Gasteiger partial charge in [0.1, 0.15) is 16.7 Å². The molecule has 5 nitrogen and oxygen atoms in total. The van der Waals surface area contributed by atoms with E-state index in [0.29, 0.717) is 22.3 Å². The van der Waals surface area contributed by atoms with Gasteiger partial charge in [0.2, 0.25) is 5.88 Å². The maximum atomic E-state index is 14.3. The van der Waals surface area contributed by atoms with Gasteiger partial charge in [-0.2, -0.15) is 4.98 Å². The van der Waals surface area contributed by atoms with Crippen LogP contribution in [0, 0.1) is 11.7 Å². The molecule has 0 aliphatic carbocycles. The second kappa shape index (κ2) is 5.46. The fourth-order valence-corrected chi connectivity index (χ4v) is 2.94. The molecular formula is C13H14ClFN4OS. The van der Waals surface area contributed by atoms with Crippen molar-refractivity contribution in [3.63, 3.8) is 0 Å². The van der Waals surface area contributed by atoms with Crippen LogP contribution in [0.5, 0.6) is 5.88 Å². The molecule has 0 spiro atoms. The first-order chi connectivity index (χ1) is 10.0. The van der Waals surface area contributed by atoms with E-state index in [1.54, 1.807) is 0 Å². The van der Waals surface area contributed by atoms with Crippen molar-refractivity contribution >= 4 is 40.1 Å². The van der Waals surface area contributed by atoms with E-state index >= 15 is 0 Å². The van der Waals surface area contributed by atoms with E-state index < -0.39 is 5.82 Å². The van der Waals surface area contributed by atoms with Gasteiger partial charge in [0.15, 0.2) is 16.1 Å². The van der Waals surface area contributed by atoms with E-state index in [1.807, 2.05) is 6.26 Å². The van der Waals surface area contributed by atoms with Crippen molar-refractivity contribution in [1.82, 2.24) is 15.0 Å². The summed E-state index contributed by atoms with van der Waals surface area (Å²) in [5.74, 6) is 0.852. The molecule has 0 saturated carbocycles. The Bertz CT molecular complexity index is 708. The molecule has 21 heavy (non-hydrogen) atoms. The average molecular weight is 329 g/mol. The van der Waals surface area contributed by atoms with Crippen molar-refractivity contribution in [2.24, 2.45) is 5.92 Å². The van der Waals surface area contributed by atoms with E-state index in [0.717, 1.165) is 13.1 Å². The van der Waals surface area contributed by atoms with E-state index in [1.165, 1.54) is 18.9 Å². The molecule has 1 fully saturated rings. The highest BCUT2D eigenvalue weighted by molar-refractivity contribution is 7.98. The zero-order chi connectivity index (χ0) is 15.1.